The molecule has 0 saturated carbocycles. The van der Waals surface area contributed by atoms with Gasteiger partial charge < -0.3 is 4.74 Å². The van der Waals surface area contributed by atoms with Gasteiger partial charge in [-0.1, -0.05) is 18.5 Å². The number of nitrogens with one attached hydrogen (secondary N) is 1. The Balaban J connectivity index is 2.32. The summed E-state index contributed by atoms with van der Waals surface area (Å²) in [7, 11) is 0. The van der Waals surface area contributed by atoms with E-state index < -0.39 is 28.3 Å². The molecule has 0 bridgehead atoms. The Kier molecular flexibility index (Phi) is 7.01. The molecule has 0 saturated heterocycles. The van der Waals surface area contributed by atoms with Crippen LogP contribution in [-0.4, -0.2) is 17.4 Å². The lowest BCUT2D eigenvalue weighted by Gasteiger charge is -2.11. The second kappa shape index (κ2) is 9.25. The molecule has 0 aliphatic carbocycles. The van der Waals surface area contributed by atoms with Gasteiger partial charge in [0.15, 0.2) is 6.54 Å². The quantitative estimate of drug-likeness (QED) is 0.295. The molecule has 7 nitrogen and oxygen atoms in total. The Morgan fingerprint density at radius 3 is 2.62 bits per heavy atom. The maximum Gasteiger partial charge on any atom is 0.416 e. The van der Waals surface area contributed by atoms with E-state index in [1.54, 1.807) is 0 Å². The lowest BCUT2D eigenvalue weighted by Crippen LogP contribution is -2.19. The number of carbonyl (C=O) groups is 1. The van der Waals surface area contributed by atoms with E-state index >= 15 is 0 Å². The van der Waals surface area contributed by atoms with Crippen molar-refractivity contribution in [3.8, 4) is 17.7 Å². The summed E-state index contributed by atoms with van der Waals surface area (Å²) in [6.45, 7) is 2.28. The maximum absolute atomic E-state index is 12.7. The van der Waals surface area contributed by atoms with E-state index in [4.69, 9.17) is 16.3 Å². The predicted octanol–water partition coefficient (Wildman–Crippen LogP) is 5.49. The molecule has 0 fully saturated rings. The van der Waals surface area contributed by atoms with Crippen LogP contribution in [0, 0.1) is 16.3 Å². The first-order valence-corrected chi connectivity index (χ1v) is 8.56. The Labute approximate surface area is 168 Å². The van der Waals surface area contributed by atoms with Crippen molar-refractivity contribution < 1.29 is 27.6 Å². The smallest absolute Gasteiger partial charge is 0.416 e. The van der Waals surface area contributed by atoms with E-state index in [1.165, 1.54) is 6.07 Å². The van der Waals surface area contributed by atoms with Crippen LogP contribution in [-0.2, 0) is 6.18 Å². The first-order chi connectivity index (χ1) is 13.6. The number of hydrogen-bond acceptors (Lipinski definition) is 4. The van der Waals surface area contributed by atoms with Crippen molar-refractivity contribution >= 4 is 23.2 Å². The van der Waals surface area contributed by atoms with Crippen molar-refractivity contribution in [2.45, 2.75) is 19.5 Å². The second-order valence-corrected chi connectivity index (χ2v) is 6.04. The monoisotopic (exact) mass is 428 g/mol. The largest absolute Gasteiger partial charge is 0.456 e. The van der Waals surface area contributed by atoms with E-state index in [0.29, 0.717) is 12.6 Å². The molecule has 0 atom stereocenters. The third-order valence-corrected chi connectivity index (χ3v) is 3.78. The number of amides is 1. The highest BCUT2D eigenvalue weighted by atomic mass is 35.5. The molecule has 1 N–H and O–H groups in total. The highest BCUT2D eigenvalue weighted by Gasteiger charge is 2.31. The van der Waals surface area contributed by atoms with Crippen molar-refractivity contribution in [1.29, 1.82) is 0 Å². The van der Waals surface area contributed by atoms with E-state index in [1.807, 2.05) is 6.92 Å². The fourth-order valence-corrected chi connectivity index (χ4v) is 2.35. The van der Waals surface area contributed by atoms with E-state index in [-0.39, 0.29) is 22.1 Å². The Morgan fingerprint density at radius 1 is 1.31 bits per heavy atom. The second-order valence-electron chi connectivity index (χ2n) is 5.63. The zero-order valence-electron chi connectivity index (χ0n) is 14.9. The van der Waals surface area contributed by atoms with Crippen LogP contribution in [0.15, 0.2) is 36.4 Å². The predicted molar refractivity (Wildman–Crippen MR) is 99.5 cm³/mol. The Hall–Kier alpha value is -3.32. The average molecular weight is 429 g/mol. The van der Waals surface area contributed by atoms with Crippen LogP contribution >= 0.6 is 11.6 Å². The summed E-state index contributed by atoms with van der Waals surface area (Å²) in [6, 6.07) is 5.78. The third-order valence-electron chi connectivity index (χ3n) is 3.48. The summed E-state index contributed by atoms with van der Waals surface area (Å²) in [5.41, 5.74) is -1.79. The van der Waals surface area contributed by atoms with Gasteiger partial charge in [-0.3, -0.25) is 10.1 Å². The molecule has 0 aliphatic heterocycles. The molecule has 2 aromatic rings. The molecule has 0 unspecified atom stereocenters. The standard InChI is InChI=1S/C18H13ClF3N3O4/c1-2-7-23-10-24-17(26)13-9-12(4-5-15(13)25(27)28)29-16-6-3-11(8-14(16)19)18(20,21)22/h3-6,8-9H,2,7H2,1H3/p+1. The molecule has 2 aromatic carbocycles. The van der Waals surface area contributed by atoms with Crippen molar-refractivity contribution in [2.24, 2.45) is 0 Å². The molecule has 0 heterocycles. The summed E-state index contributed by atoms with van der Waals surface area (Å²) in [5, 5.41) is 13.0. The van der Waals surface area contributed by atoms with E-state index in [0.717, 1.165) is 30.7 Å². The number of hydrogen-bond donors (Lipinski definition) is 1. The first kappa shape index (κ1) is 22.0. The molecule has 0 radical (unpaired) electrons. The van der Waals surface area contributed by atoms with Gasteiger partial charge in [0.2, 0.25) is 0 Å². The average Bonchev–Trinajstić information content (AvgIpc) is 2.65. The number of rotatable bonds is 5. The minimum Gasteiger partial charge on any atom is -0.456 e. The van der Waals surface area contributed by atoms with Gasteiger partial charge in [0.1, 0.15) is 17.1 Å². The molecule has 1 amide bonds. The molecule has 0 aromatic heterocycles. The summed E-state index contributed by atoms with van der Waals surface area (Å²) in [5.74, 6) is -0.996. The number of alkyl halides is 3. The van der Waals surface area contributed by atoms with Crippen LogP contribution < -0.4 is 10.1 Å². The fourth-order valence-electron chi connectivity index (χ4n) is 2.13. The summed E-state index contributed by atoms with van der Waals surface area (Å²) < 4.78 is 43.6. The lowest BCUT2D eigenvalue weighted by molar-refractivity contribution is -0.385. The number of halogens is 4. The molecule has 152 valence electrons. The van der Waals surface area contributed by atoms with E-state index in [2.05, 4.69) is 16.4 Å². The Bertz CT molecular complexity index is 1000. The molecule has 0 aliphatic rings. The number of carbonyl (C=O) groups excluding carboxylic acids is 1. The van der Waals surface area contributed by atoms with Crippen molar-refractivity contribution in [3.05, 3.63) is 67.5 Å². The van der Waals surface area contributed by atoms with Gasteiger partial charge in [0.25, 0.3) is 5.69 Å². The molecule has 0 spiro atoms. The molecular formula is C18H14ClF3N3O4+. The topological polar surface area (TPSA) is 85.8 Å². The van der Waals surface area contributed by atoms with E-state index in [9.17, 15) is 28.1 Å². The summed E-state index contributed by atoms with van der Waals surface area (Å²) >= 11 is 5.83. The zero-order chi connectivity index (χ0) is 21.6. The number of nitro groups is 1. The minimum atomic E-state index is -4.57. The third kappa shape index (κ3) is 5.83. The zero-order valence-corrected chi connectivity index (χ0v) is 15.7. The number of benzene rings is 2. The van der Waals surface area contributed by atoms with Crippen LogP contribution in [0.25, 0.3) is 4.85 Å². The number of nitrogens with zero attached hydrogens (tertiary/aromatic N) is 2. The highest BCUT2D eigenvalue weighted by molar-refractivity contribution is 6.32. The SMILES string of the molecule is CCC[N+]#CNC(=O)c1cc(Oc2ccc(C(F)(F)F)cc2Cl)ccc1[N+](=O)[O-]. The molecular weight excluding hydrogens is 415 g/mol. The summed E-state index contributed by atoms with van der Waals surface area (Å²) in [6.07, 6.45) is -1.57. The maximum atomic E-state index is 12.7. The highest BCUT2D eigenvalue weighted by Crippen LogP contribution is 2.37. The van der Waals surface area contributed by atoms with Crippen LogP contribution in [0.4, 0.5) is 18.9 Å². The van der Waals surface area contributed by atoms with Gasteiger partial charge in [-0.05, 0) is 30.7 Å². The summed E-state index contributed by atoms with van der Waals surface area (Å²) in [4.78, 5) is 26.4. The molecule has 2 rings (SSSR count). The van der Waals surface area contributed by atoms with Crippen molar-refractivity contribution in [2.75, 3.05) is 6.54 Å². The lowest BCUT2D eigenvalue weighted by atomic mass is 10.1. The number of ether oxygens (including phenoxy) is 1. The van der Waals surface area contributed by atoms with Gasteiger partial charge >= 0.3 is 18.3 Å². The van der Waals surface area contributed by atoms with Crippen LogP contribution in [0.3, 0.4) is 0 Å². The van der Waals surface area contributed by atoms with Gasteiger partial charge in [0, 0.05) is 12.1 Å². The van der Waals surface area contributed by atoms with Gasteiger partial charge in [-0.25, -0.2) is 9.64 Å². The number of nitro benzene ring substituents is 1. The van der Waals surface area contributed by atoms with Gasteiger partial charge in [-0.2, -0.15) is 18.5 Å². The van der Waals surface area contributed by atoms with Crippen molar-refractivity contribution in [3.63, 3.8) is 0 Å². The van der Waals surface area contributed by atoms with Crippen LogP contribution in [0.1, 0.15) is 29.3 Å². The van der Waals surface area contributed by atoms with Crippen LogP contribution in [0.5, 0.6) is 11.5 Å². The molecule has 29 heavy (non-hydrogen) atoms. The first-order valence-electron chi connectivity index (χ1n) is 8.18. The normalized spacial score (nSPS) is 10.7. The van der Waals surface area contributed by atoms with Crippen LogP contribution in [0.2, 0.25) is 5.02 Å². The van der Waals surface area contributed by atoms with Crippen molar-refractivity contribution in [1.82, 2.24) is 5.32 Å². The fraction of sp³-hybridized carbons (Fsp3) is 0.222. The van der Waals surface area contributed by atoms with Gasteiger partial charge in [0.05, 0.1) is 15.5 Å². The Morgan fingerprint density at radius 2 is 2.03 bits per heavy atom. The van der Waals surface area contributed by atoms with Gasteiger partial charge in [-0.15, -0.1) is 0 Å². The minimum absolute atomic E-state index is 0.0343. The molecule has 11 heteroatoms.